The van der Waals surface area contributed by atoms with Gasteiger partial charge in [0.05, 0.1) is 12.2 Å². The van der Waals surface area contributed by atoms with Crippen LogP contribution in [0.2, 0.25) is 0 Å². The number of hydrogen-bond acceptors (Lipinski definition) is 6. The number of hydrogen-bond donors (Lipinski definition) is 1. The summed E-state index contributed by atoms with van der Waals surface area (Å²) in [4.78, 5) is 22.7. The lowest BCUT2D eigenvalue weighted by atomic mass is 10.2. The number of anilines is 4. The Kier molecular flexibility index (Phi) is 5.66. The Morgan fingerprint density at radius 2 is 1.78 bits per heavy atom. The minimum absolute atomic E-state index is 0.325. The van der Waals surface area contributed by atoms with Crippen molar-refractivity contribution in [3.05, 3.63) is 72.1 Å². The molecule has 1 heterocycles. The van der Waals surface area contributed by atoms with Crippen LogP contribution in [0.25, 0.3) is 0 Å². The molecule has 0 unspecified atom stereocenters. The molecule has 0 aliphatic rings. The second-order valence-corrected chi connectivity index (χ2v) is 5.98. The van der Waals surface area contributed by atoms with Gasteiger partial charge in [0.15, 0.2) is 0 Å². The lowest BCUT2D eigenvalue weighted by molar-refractivity contribution is 0.0526. The highest BCUT2D eigenvalue weighted by Crippen LogP contribution is 2.25. The van der Waals surface area contributed by atoms with E-state index in [1.165, 1.54) is 0 Å². The highest BCUT2D eigenvalue weighted by Gasteiger charge is 2.10. The van der Waals surface area contributed by atoms with Crippen LogP contribution in [0.3, 0.4) is 0 Å². The van der Waals surface area contributed by atoms with E-state index >= 15 is 0 Å². The van der Waals surface area contributed by atoms with Gasteiger partial charge >= 0.3 is 5.97 Å². The summed E-state index contributed by atoms with van der Waals surface area (Å²) in [5.41, 5.74) is 2.39. The number of nitrogens with one attached hydrogen (secondary N) is 1. The number of aryl methyl sites for hydroxylation is 1. The number of aromatic nitrogens is 2. The Balaban J connectivity index is 1.79. The Morgan fingerprint density at radius 3 is 2.44 bits per heavy atom. The third-order valence-electron chi connectivity index (χ3n) is 3.98. The monoisotopic (exact) mass is 362 g/mol. The van der Waals surface area contributed by atoms with Gasteiger partial charge in [0, 0.05) is 24.5 Å². The molecule has 1 N–H and O–H groups in total. The van der Waals surface area contributed by atoms with Crippen molar-refractivity contribution >= 4 is 29.0 Å². The number of para-hydroxylation sites is 1. The molecular weight excluding hydrogens is 340 g/mol. The van der Waals surface area contributed by atoms with Crippen molar-refractivity contribution in [3.8, 4) is 0 Å². The number of esters is 1. The van der Waals surface area contributed by atoms with Crippen molar-refractivity contribution in [2.45, 2.75) is 13.8 Å². The first-order chi connectivity index (χ1) is 13.1. The molecule has 2 aromatic carbocycles. The molecule has 3 rings (SSSR count). The second-order valence-electron chi connectivity index (χ2n) is 5.98. The third-order valence-corrected chi connectivity index (χ3v) is 3.98. The highest BCUT2D eigenvalue weighted by molar-refractivity contribution is 5.89. The topological polar surface area (TPSA) is 67.3 Å². The van der Waals surface area contributed by atoms with Gasteiger partial charge in [-0.1, -0.05) is 18.2 Å². The van der Waals surface area contributed by atoms with E-state index in [1.54, 1.807) is 19.1 Å². The van der Waals surface area contributed by atoms with Crippen molar-refractivity contribution in [2.75, 3.05) is 23.9 Å². The van der Waals surface area contributed by atoms with Crippen molar-refractivity contribution < 1.29 is 9.53 Å². The molecule has 0 bridgehead atoms. The Labute approximate surface area is 158 Å². The van der Waals surface area contributed by atoms with Crippen molar-refractivity contribution in [2.24, 2.45) is 0 Å². The van der Waals surface area contributed by atoms with Gasteiger partial charge in [-0.05, 0) is 50.2 Å². The maximum absolute atomic E-state index is 11.7. The summed E-state index contributed by atoms with van der Waals surface area (Å²) >= 11 is 0. The van der Waals surface area contributed by atoms with Crippen LogP contribution >= 0.6 is 0 Å². The highest BCUT2D eigenvalue weighted by atomic mass is 16.5. The average Bonchev–Trinajstić information content (AvgIpc) is 2.68. The van der Waals surface area contributed by atoms with Crippen LogP contribution < -0.4 is 10.2 Å². The average molecular weight is 362 g/mol. The van der Waals surface area contributed by atoms with E-state index in [-0.39, 0.29) is 5.97 Å². The van der Waals surface area contributed by atoms with Gasteiger partial charge in [0.25, 0.3) is 0 Å². The molecule has 0 radical (unpaired) electrons. The van der Waals surface area contributed by atoms with E-state index in [2.05, 4.69) is 15.3 Å². The first kappa shape index (κ1) is 18.4. The lowest BCUT2D eigenvalue weighted by Crippen LogP contribution is -2.12. The molecule has 138 valence electrons. The molecule has 0 amide bonds. The van der Waals surface area contributed by atoms with Crippen molar-refractivity contribution in [1.82, 2.24) is 9.97 Å². The fourth-order valence-electron chi connectivity index (χ4n) is 2.62. The summed E-state index contributed by atoms with van der Waals surface area (Å²) in [5, 5.41) is 3.26. The van der Waals surface area contributed by atoms with Gasteiger partial charge in [-0.2, -0.15) is 0 Å². The zero-order valence-corrected chi connectivity index (χ0v) is 15.6. The number of rotatable bonds is 6. The van der Waals surface area contributed by atoms with E-state index in [9.17, 15) is 4.79 Å². The zero-order chi connectivity index (χ0) is 19.2. The third kappa shape index (κ3) is 4.61. The fraction of sp³-hybridized carbons (Fsp3) is 0.190. The maximum atomic E-state index is 11.7. The van der Waals surface area contributed by atoms with Crippen LogP contribution in [0.5, 0.6) is 0 Å². The summed E-state index contributed by atoms with van der Waals surface area (Å²) in [5.74, 6) is 1.82. The van der Waals surface area contributed by atoms with E-state index < -0.39 is 0 Å². The van der Waals surface area contributed by atoms with Gasteiger partial charge in [0.2, 0.25) is 0 Å². The maximum Gasteiger partial charge on any atom is 0.338 e. The molecule has 27 heavy (non-hydrogen) atoms. The predicted octanol–water partition coefficient (Wildman–Crippen LogP) is 4.47. The smallest absolute Gasteiger partial charge is 0.338 e. The number of carbonyl (C=O) groups excluding carboxylic acids is 1. The molecule has 0 atom stereocenters. The minimum atomic E-state index is -0.325. The SMILES string of the molecule is CCOC(=O)c1ccc(Nc2cc(N(C)c3ccccc3)nc(C)n2)cc1. The summed E-state index contributed by atoms with van der Waals surface area (Å²) in [6, 6.07) is 19.0. The van der Waals surface area contributed by atoms with E-state index in [1.807, 2.05) is 67.4 Å². The van der Waals surface area contributed by atoms with Gasteiger partial charge in [-0.25, -0.2) is 14.8 Å². The van der Waals surface area contributed by atoms with E-state index in [0.29, 0.717) is 23.8 Å². The molecule has 0 aliphatic heterocycles. The Hall–Kier alpha value is -3.41. The quantitative estimate of drug-likeness (QED) is 0.653. The van der Waals surface area contributed by atoms with Crippen molar-refractivity contribution in [1.29, 1.82) is 0 Å². The van der Waals surface area contributed by atoms with Crippen LogP contribution in [0.4, 0.5) is 23.0 Å². The number of ether oxygens (including phenoxy) is 1. The first-order valence-electron chi connectivity index (χ1n) is 8.75. The van der Waals surface area contributed by atoms with Crippen LogP contribution in [0.15, 0.2) is 60.7 Å². The van der Waals surface area contributed by atoms with Crippen molar-refractivity contribution in [3.63, 3.8) is 0 Å². The van der Waals surface area contributed by atoms with Gasteiger partial charge in [-0.15, -0.1) is 0 Å². The molecule has 0 fully saturated rings. The number of carbonyl (C=O) groups is 1. The number of nitrogens with zero attached hydrogens (tertiary/aromatic N) is 3. The van der Waals surface area contributed by atoms with E-state index in [4.69, 9.17) is 4.74 Å². The van der Waals surface area contributed by atoms with Crippen LogP contribution in [0.1, 0.15) is 23.1 Å². The standard InChI is InChI=1S/C21H22N4O2/c1-4-27-21(26)16-10-12-17(13-11-16)24-19-14-20(23-15(2)22-19)25(3)18-8-6-5-7-9-18/h5-14H,4H2,1-3H3,(H,22,23,24). The second kappa shape index (κ2) is 8.31. The minimum Gasteiger partial charge on any atom is -0.462 e. The van der Waals surface area contributed by atoms with Gasteiger partial charge < -0.3 is 15.0 Å². The zero-order valence-electron chi connectivity index (χ0n) is 15.6. The van der Waals surface area contributed by atoms with Crippen LogP contribution in [-0.2, 0) is 4.74 Å². The molecule has 0 aliphatic carbocycles. The first-order valence-corrected chi connectivity index (χ1v) is 8.75. The number of benzene rings is 2. The largest absolute Gasteiger partial charge is 0.462 e. The van der Waals surface area contributed by atoms with Gasteiger partial charge in [0.1, 0.15) is 17.5 Å². The molecule has 6 nitrogen and oxygen atoms in total. The Bertz CT molecular complexity index is 911. The predicted molar refractivity (Wildman–Crippen MR) is 107 cm³/mol. The molecule has 1 aromatic heterocycles. The summed E-state index contributed by atoms with van der Waals surface area (Å²) in [6.45, 7) is 4.00. The molecular formula is C21H22N4O2. The molecule has 0 saturated heterocycles. The molecule has 3 aromatic rings. The van der Waals surface area contributed by atoms with Crippen LogP contribution in [-0.4, -0.2) is 29.6 Å². The molecule has 6 heteroatoms. The van der Waals surface area contributed by atoms with E-state index in [0.717, 1.165) is 17.2 Å². The van der Waals surface area contributed by atoms with Gasteiger partial charge in [-0.3, -0.25) is 0 Å². The molecule has 0 saturated carbocycles. The normalized spacial score (nSPS) is 10.3. The van der Waals surface area contributed by atoms with Crippen LogP contribution in [0, 0.1) is 6.92 Å². The Morgan fingerprint density at radius 1 is 1.07 bits per heavy atom. The summed E-state index contributed by atoms with van der Waals surface area (Å²) in [7, 11) is 1.97. The summed E-state index contributed by atoms with van der Waals surface area (Å²) < 4.78 is 5.00. The summed E-state index contributed by atoms with van der Waals surface area (Å²) in [6.07, 6.45) is 0. The fourth-order valence-corrected chi connectivity index (χ4v) is 2.62. The molecule has 0 spiro atoms. The lowest BCUT2D eigenvalue weighted by Gasteiger charge is -2.19.